The number of carbonyl (C=O) groups is 1. The van der Waals surface area contributed by atoms with Gasteiger partial charge in [-0.05, 0) is 18.4 Å². The molecular weight excluding hydrogens is 324 g/mol. The molecule has 126 valence electrons. The lowest BCUT2D eigenvalue weighted by molar-refractivity contribution is -0.118. The van der Waals surface area contributed by atoms with Gasteiger partial charge < -0.3 is 14.7 Å². The highest BCUT2D eigenvalue weighted by molar-refractivity contribution is 7.99. The van der Waals surface area contributed by atoms with Crippen LogP contribution in [-0.4, -0.2) is 33.4 Å². The molecule has 6 nitrogen and oxygen atoms in total. The van der Waals surface area contributed by atoms with E-state index >= 15 is 0 Å². The van der Waals surface area contributed by atoms with Crippen LogP contribution in [0.2, 0.25) is 0 Å². The molecule has 0 spiro atoms. The van der Waals surface area contributed by atoms with Crippen LogP contribution in [0.1, 0.15) is 20.3 Å². The lowest BCUT2D eigenvalue weighted by Gasteiger charge is -2.05. The van der Waals surface area contributed by atoms with Gasteiger partial charge in [-0.15, -0.1) is 10.2 Å². The number of fused-ring (bicyclic) bond motifs is 1. The Morgan fingerprint density at radius 3 is 3.00 bits per heavy atom. The minimum Gasteiger partial charge on any atom is -0.411 e. The Labute approximate surface area is 144 Å². The highest BCUT2D eigenvalue weighted by Gasteiger charge is 2.14. The number of thioether (sulfide) groups is 1. The lowest BCUT2D eigenvalue weighted by Crippen LogP contribution is -2.26. The zero-order valence-electron chi connectivity index (χ0n) is 13.7. The molecule has 7 heteroatoms. The molecule has 0 unspecified atom stereocenters. The lowest BCUT2D eigenvalue weighted by atomic mass is 10.1. The highest BCUT2D eigenvalue weighted by atomic mass is 32.2. The van der Waals surface area contributed by atoms with Crippen LogP contribution in [0.15, 0.2) is 40.1 Å². The fourth-order valence-corrected chi connectivity index (χ4v) is 2.90. The van der Waals surface area contributed by atoms with Gasteiger partial charge in [0.1, 0.15) is 0 Å². The van der Waals surface area contributed by atoms with Crippen LogP contribution in [0.5, 0.6) is 0 Å². The van der Waals surface area contributed by atoms with Crippen LogP contribution in [-0.2, 0) is 4.79 Å². The van der Waals surface area contributed by atoms with Crippen molar-refractivity contribution >= 4 is 28.6 Å². The Bertz CT molecular complexity index is 825. The van der Waals surface area contributed by atoms with E-state index in [1.54, 1.807) is 0 Å². The van der Waals surface area contributed by atoms with E-state index in [1.807, 2.05) is 30.5 Å². The van der Waals surface area contributed by atoms with E-state index in [0.717, 1.165) is 22.9 Å². The second kappa shape index (κ2) is 7.53. The van der Waals surface area contributed by atoms with Gasteiger partial charge in [0, 0.05) is 23.6 Å². The molecule has 0 radical (unpaired) electrons. The molecule has 2 aromatic heterocycles. The van der Waals surface area contributed by atoms with E-state index < -0.39 is 0 Å². The summed E-state index contributed by atoms with van der Waals surface area (Å²) in [6, 6.07) is 7.93. The minimum atomic E-state index is -0.0208. The number of H-pyrrole nitrogens is 1. The zero-order chi connectivity index (χ0) is 16.9. The van der Waals surface area contributed by atoms with Crippen molar-refractivity contribution in [3.05, 3.63) is 30.5 Å². The van der Waals surface area contributed by atoms with Crippen LogP contribution in [0.3, 0.4) is 0 Å². The van der Waals surface area contributed by atoms with Crippen molar-refractivity contribution < 1.29 is 9.21 Å². The fourth-order valence-electron chi connectivity index (χ4n) is 2.30. The molecule has 0 saturated heterocycles. The maximum atomic E-state index is 11.8. The summed E-state index contributed by atoms with van der Waals surface area (Å²) >= 11 is 1.25. The van der Waals surface area contributed by atoms with Gasteiger partial charge in [0.2, 0.25) is 5.91 Å². The molecule has 2 N–H and O–H groups in total. The minimum absolute atomic E-state index is 0.0208. The van der Waals surface area contributed by atoms with Crippen molar-refractivity contribution in [1.82, 2.24) is 20.5 Å². The van der Waals surface area contributed by atoms with Crippen LogP contribution >= 0.6 is 11.8 Å². The number of amides is 1. The predicted molar refractivity (Wildman–Crippen MR) is 94.8 cm³/mol. The summed E-state index contributed by atoms with van der Waals surface area (Å²) in [5.74, 6) is 1.28. The number of hydrogen-bond donors (Lipinski definition) is 2. The number of aromatic amines is 1. The Balaban J connectivity index is 1.59. The summed E-state index contributed by atoms with van der Waals surface area (Å²) in [4.78, 5) is 15.0. The standard InChI is InChI=1S/C17H20N4O2S/c1-11(2)7-8-18-15(22)10-24-17-21-20-16(23-17)13-9-19-14-6-4-3-5-12(13)14/h3-6,9,11,19H,7-8,10H2,1-2H3,(H,18,22). The van der Waals surface area contributed by atoms with E-state index in [2.05, 4.69) is 34.3 Å². The monoisotopic (exact) mass is 344 g/mol. The molecule has 0 aliphatic heterocycles. The van der Waals surface area contributed by atoms with E-state index in [1.165, 1.54) is 11.8 Å². The first-order valence-corrected chi connectivity index (χ1v) is 8.91. The first-order valence-electron chi connectivity index (χ1n) is 7.93. The van der Waals surface area contributed by atoms with E-state index in [0.29, 0.717) is 23.6 Å². The van der Waals surface area contributed by atoms with Crippen LogP contribution in [0.4, 0.5) is 0 Å². The SMILES string of the molecule is CC(C)CCNC(=O)CSc1nnc(-c2c[nH]c3ccccc23)o1. The van der Waals surface area contributed by atoms with Gasteiger partial charge in [-0.25, -0.2) is 0 Å². The number of aromatic nitrogens is 3. The number of benzene rings is 1. The summed E-state index contributed by atoms with van der Waals surface area (Å²) < 4.78 is 5.67. The summed E-state index contributed by atoms with van der Waals surface area (Å²) in [5.41, 5.74) is 1.88. The molecule has 3 aromatic rings. The molecular formula is C17H20N4O2S. The Morgan fingerprint density at radius 1 is 1.33 bits per heavy atom. The molecule has 24 heavy (non-hydrogen) atoms. The Morgan fingerprint density at radius 2 is 2.17 bits per heavy atom. The Hall–Kier alpha value is -2.28. The fraction of sp³-hybridized carbons (Fsp3) is 0.353. The predicted octanol–water partition coefficient (Wildman–Crippen LogP) is 3.47. The number of hydrogen-bond acceptors (Lipinski definition) is 5. The zero-order valence-corrected chi connectivity index (χ0v) is 14.5. The molecule has 0 bridgehead atoms. The van der Waals surface area contributed by atoms with Crippen molar-refractivity contribution in [2.45, 2.75) is 25.5 Å². The maximum Gasteiger partial charge on any atom is 0.277 e. The maximum absolute atomic E-state index is 11.8. The number of carbonyl (C=O) groups excluding carboxylic acids is 1. The van der Waals surface area contributed by atoms with Gasteiger partial charge >= 0.3 is 0 Å². The average Bonchev–Trinajstić information content (AvgIpc) is 3.19. The largest absolute Gasteiger partial charge is 0.411 e. The second-order valence-corrected chi connectivity index (χ2v) is 6.87. The Kier molecular flexibility index (Phi) is 5.20. The second-order valence-electron chi connectivity index (χ2n) is 5.94. The summed E-state index contributed by atoms with van der Waals surface area (Å²) in [7, 11) is 0. The van der Waals surface area contributed by atoms with Gasteiger partial charge in [0.15, 0.2) is 0 Å². The number of rotatable bonds is 7. The molecule has 1 amide bonds. The van der Waals surface area contributed by atoms with Gasteiger partial charge in [-0.1, -0.05) is 43.8 Å². The number of nitrogens with zero attached hydrogens (tertiary/aromatic N) is 2. The van der Waals surface area contributed by atoms with E-state index in [4.69, 9.17) is 4.42 Å². The van der Waals surface area contributed by atoms with Crippen molar-refractivity contribution in [3.63, 3.8) is 0 Å². The first kappa shape index (κ1) is 16.6. The van der Waals surface area contributed by atoms with Gasteiger partial charge in [0.25, 0.3) is 11.1 Å². The molecule has 3 rings (SSSR count). The third-order valence-electron chi connectivity index (χ3n) is 3.60. The normalized spacial score (nSPS) is 11.3. The van der Waals surface area contributed by atoms with Crippen LogP contribution in [0, 0.1) is 5.92 Å². The van der Waals surface area contributed by atoms with Gasteiger partial charge in [-0.3, -0.25) is 4.79 Å². The summed E-state index contributed by atoms with van der Waals surface area (Å²) in [5, 5.41) is 12.4. The van der Waals surface area contributed by atoms with Crippen molar-refractivity contribution in [3.8, 4) is 11.5 Å². The summed E-state index contributed by atoms with van der Waals surface area (Å²) in [6.45, 7) is 4.96. The molecule has 0 aliphatic carbocycles. The van der Waals surface area contributed by atoms with E-state index in [-0.39, 0.29) is 11.7 Å². The molecule has 2 heterocycles. The van der Waals surface area contributed by atoms with E-state index in [9.17, 15) is 4.79 Å². The third-order valence-corrected chi connectivity index (χ3v) is 4.42. The topological polar surface area (TPSA) is 83.8 Å². The smallest absolute Gasteiger partial charge is 0.277 e. The van der Waals surface area contributed by atoms with Crippen molar-refractivity contribution in [1.29, 1.82) is 0 Å². The van der Waals surface area contributed by atoms with Gasteiger partial charge in [0.05, 0.1) is 11.3 Å². The molecule has 0 fully saturated rings. The molecule has 0 atom stereocenters. The molecule has 0 aliphatic rings. The first-order chi connectivity index (χ1) is 11.6. The molecule has 0 saturated carbocycles. The van der Waals surface area contributed by atoms with Crippen LogP contribution in [0.25, 0.3) is 22.4 Å². The van der Waals surface area contributed by atoms with Crippen molar-refractivity contribution in [2.24, 2.45) is 5.92 Å². The highest BCUT2D eigenvalue weighted by Crippen LogP contribution is 2.29. The third kappa shape index (κ3) is 3.97. The average molecular weight is 344 g/mol. The molecule has 1 aromatic carbocycles. The quantitative estimate of drug-likeness (QED) is 0.641. The van der Waals surface area contributed by atoms with Crippen LogP contribution < -0.4 is 5.32 Å². The summed E-state index contributed by atoms with van der Waals surface area (Å²) in [6.07, 6.45) is 2.83. The van der Waals surface area contributed by atoms with Crippen molar-refractivity contribution in [2.75, 3.05) is 12.3 Å². The number of nitrogens with one attached hydrogen (secondary N) is 2. The number of para-hydroxylation sites is 1. The van der Waals surface area contributed by atoms with Gasteiger partial charge in [-0.2, -0.15) is 0 Å².